The third kappa shape index (κ3) is 15.1. The fourth-order valence-corrected chi connectivity index (χ4v) is 5.84. The number of rotatable bonds is 12. The third-order valence-electron chi connectivity index (χ3n) is 6.43. The lowest BCUT2D eigenvalue weighted by atomic mass is 9.64. The Bertz CT molecular complexity index is 547. The molecule has 0 bridgehead atoms. The summed E-state index contributed by atoms with van der Waals surface area (Å²) in [5, 5.41) is 10.4. The van der Waals surface area contributed by atoms with E-state index in [4.69, 9.17) is 9.47 Å². The highest BCUT2D eigenvalue weighted by Gasteiger charge is 2.40. The van der Waals surface area contributed by atoms with Gasteiger partial charge < -0.3 is 14.6 Å². The molecule has 196 valence electrons. The molecule has 0 heterocycles. The highest BCUT2D eigenvalue weighted by molar-refractivity contribution is 5.69. The number of aliphatic hydroxyl groups is 1. The minimum atomic E-state index is -0.706. The van der Waals surface area contributed by atoms with Crippen molar-refractivity contribution in [3.8, 4) is 0 Å². The van der Waals surface area contributed by atoms with Crippen LogP contribution in [0.15, 0.2) is 0 Å². The molecule has 1 fully saturated rings. The molecule has 0 aromatic carbocycles. The van der Waals surface area contributed by atoms with Gasteiger partial charge >= 0.3 is 5.97 Å². The van der Waals surface area contributed by atoms with Crippen LogP contribution >= 0.6 is 0 Å². The average molecular weight is 469 g/mol. The van der Waals surface area contributed by atoms with Crippen LogP contribution in [0.3, 0.4) is 0 Å². The molecule has 0 aromatic rings. The summed E-state index contributed by atoms with van der Waals surface area (Å²) in [6.45, 7) is 22.4. The molecule has 1 aliphatic rings. The summed E-state index contributed by atoms with van der Waals surface area (Å²) in [6.07, 6.45) is 9.31. The molecular weight excluding hydrogens is 412 g/mol. The number of ether oxygens (including phenoxy) is 2. The van der Waals surface area contributed by atoms with Crippen molar-refractivity contribution in [2.45, 2.75) is 158 Å². The van der Waals surface area contributed by atoms with Gasteiger partial charge in [0.25, 0.3) is 0 Å². The fraction of sp³-hybridized carbons (Fsp3) is 0.966. The van der Waals surface area contributed by atoms with Crippen molar-refractivity contribution in [3.05, 3.63) is 0 Å². The van der Waals surface area contributed by atoms with Gasteiger partial charge in [0.15, 0.2) is 6.29 Å². The van der Waals surface area contributed by atoms with Crippen LogP contribution in [0.25, 0.3) is 0 Å². The quantitative estimate of drug-likeness (QED) is 0.179. The maximum atomic E-state index is 12.3. The summed E-state index contributed by atoms with van der Waals surface area (Å²) in [5.41, 5.74) is 0.809. The van der Waals surface area contributed by atoms with Gasteiger partial charge in [-0.25, -0.2) is 0 Å². The summed E-state index contributed by atoms with van der Waals surface area (Å²) >= 11 is 0. The Morgan fingerprint density at radius 3 is 1.85 bits per heavy atom. The normalized spacial score (nSPS) is 20.1. The van der Waals surface area contributed by atoms with Gasteiger partial charge in [-0.15, -0.1) is 0 Å². The van der Waals surface area contributed by atoms with E-state index in [0.29, 0.717) is 12.8 Å². The molecule has 0 saturated heterocycles. The number of esters is 1. The van der Waals surface area contributed by atoms with E-state index in [0.717, 1.165) is 51.4 Å². The Labute approximate surface area is 205 Å². The van der Waals surface area contributed by atoms with Crippen molar-refractivity contribution >= 4 is 5.97 Å². The van der Waals surface area contributed by atoms with Gasteiger partial charge in [-0.3, -0.25) is 4.79 Å². The second kappa shape index (κ2) is 12.4. The van der Waals surface area contributed by atoms with E-state index < -0.39 is 6.29 Å². The van der Waals surface area contributed by atoms with Crippen molar-refractivity contribution in [3.63, 3.8) is 0 Å². The van der Waals surface area contributed by atoms with Gasteiger partial charge in [0.2, 0.25) is 0 Å². The van der Waals surface area contributed by atoms with Crippen LogP contribution in [0.2, 0.25) is 0 Å². The molecule has 0 aliphatic heterocycles. The first kappa shape index (κ1) is 30.4. The van der Waals surface area contributed by atoms with Crippen molar-refractivity contribution in [1.82, 2.24) is 0 Å². The molecule has 1 unspecified atom stereocenters. The minimum absolute atomic E-state index is 0.0518. The zero-order valence-corrected chi connectivity index (χ0v) is 23.7. The predicted molar refractivity (Wildman–Crippen MR) is 138 cm³/mol. The molecule has 1 N–H and O–H groups in total. The maximum absolute atomic E-state index is 12.3. The summed E-state index contributed by atoms with van der Waals surface area (Å²) in [6, 6.07) is 0. The number of carbonyl (C=O) groups is 1. The van der Waals surface area contributed by atoms with Crippen LogP contribution in [0.1, 0.15) is 140 Å². The Kier molecular flexibility index (Phi) is 11.4. The Hall–Kier alpha value is -0.610. The molecule has 4 nitrogen and oxygen atoms in total. The van der Waals surface area contributed by atoms with Gasteiger partial charge in [-0.1, -0.05) is 82.1 Å². The lowest BCUT2D eigenvalue weighted by molar-refractivity contribution is -0.156. The summed E-state index contributed by atoms with van der Waals surface area (Å²) in [5.74, 6) is -0.0518. The molecule has 1 atom stereocenters. The number of unbranched alkanes of at least 4 members (excludes halogenated alkanes) is 3. The largest absolute Gasteiger partial charge is 0.462 e. The van der Waals surface area contributed by atoms with Crippen LogP contribution in [-0.2, 0) is 14.3 Å². The van der Waals surface area contributed by atoms with E-state index in [1.165, 1.54) is 6.42 Å². The highest BCUT2D eigenvalue weighted by Crippen LogP contribution is 2.46. The molecular formula is C29H56O4. The smallest absolute Gasteiger partial charge is 0.306 e. The van der Waals surface area contributed by atoms with E-state index in [9.17, 15) is 9.90 Å². The van der Waals surface area contributed by atoms with Crippen molar-refractivity contribution in [2.75, 3.05) is 0 Å². The number of hydrogen-bond acceptors (Lipinski definition) is 4. The zero-order chi connectivity index (χ0) is 25.5. The molecule has 33 heavy (non-hydrogen) atoms. The second-order valence-electron chi connectivity index (χ2n) is 14.7. The summed E-state index contributed by atoms with van der Waals surface area (Å²) in [4.78, 5) is 12.3. The van der Waals surface area contributed by atoms with Crippen LogP contribution in [0.5, 0.6) is 0 Å². The van der Waals surface area contributed by atoms with Crippen LogP contribution in [0.4, 0.5) is 0 Å². The molecule has 1 saturated carbocycles. The van der Waals surface area contributed by atoms with E-state index in [-0.39, 0.29) is 39.8 Å². The number of aliphatic hydroxyl groups excluding tert-OH is 1. The second-order valence-corrected chi connectivity index (χ2v) is 14.7. The molecule has 0 spiro atoms. The van der Waals surface area contributed by atoms with Gasteiger partial charge in [0.1, 0.15) is 6.10 Å². The first-order valence-electron chi connectivity index (χ1n) is 13.4. The zero-order valence-electron chi connectivity index (χ0n) is 23.7. The van der Waals surface area contributed by atoms with Crippen molar-refractivity contribution in [1.29, 1.82) is 0 Å². The molecule has 0 amide bonds. The molecule has 1 aliphatic carbocycles. The van der Waals surface area contributed by atoms with E-state index in [1.807, 2.05) is 0 Å². The number of hydrogen-bond donors (Lipinski definition) is 1. The summed E-state index contributed by atoms with van der Waals surface area (Å²) < 4.78 is 11.9. The SMILES string of the molecule is CC(C)(C)CC(CC(C)(C)C)OC(O)CCCCCCC(=O)OC1CC(C)(C)CC(C)(C)C1. The maximum Gasteiger partial charge on any atom is 0.306 e. The lowest BCUT2D eigenvalue weighted by Gasteiger charge is -2.44. The van der Waals surface area contributed by atoms with Gasteiger partial charge in [0.05, 0.1) is 6.10 Å². The minimum Gasteiger partial charge on any atom is -0.462 e. The summed E-state index contributed by atoms with van der Waals surface area (Å²) in [7, 11) is 0. The average Bonchev–Trinajstić information content (AvgIpc) is 2.51. The molecule has 4 heteroatoms. The van der Waals surface area contributed by atoms with Crippen LogP contribution in [0, 0.1) is 21.7 Å². The molecule has 0 aromatic heterocycles. The fourth-order valence-electron chi connectivity index (χ4n) is 5.84. The standard InChI is InChI=1S/C29H56O4/c1-26(2,3)17-22(18-27(4,5)6)32-24(30)15-13-11-12-14-16-25(31)33-23-19-28(7,8)21-29(9,10)20-23/h22-24,30H,11-21H2,1-10H3. The topological polar surface area (TPSA) is 55.8 Å². The third-order valence-corrected chi connectivity index (χ3v) is 6.43. The predicted octanol–water partition coefficient (Wildman–Crippen LogP) is 8.05. The first-order valence-corrected chi connectivity index (χ1v) is 13.4. The lowest BCUT2D eigenvalue weighted by Crippen LogP contribution is -2.38. The van der Waals surface area contributed by atoms with Crippen LogP contribution in [-0.4, -0.2) is 29.6 Å². The van der Waals surface area contributed by atoms with Gasteiger partial charge in [-0.2, -0.15) is 0 Å². The van der Waals surface area contributed by atoms with Gasteiger partial charge in [-0.05, 0) is 73.0 Å². The van der Waals surface area contributed by atoms with Crippen molar-refractivity contribution < 1.29 is 19.4 Å². The molecule has 0 radical (unpaired) electrons. The van der Waals surface area contributed by atoms with Crippen molar-refractivity contribution in [2.24, 2.45) is 21.7 Å². The Balaban J connectivity index is 2.26. The van der Waals surface area contributed by atoms with E-state index in [2.05, 4.69) is 69.2 Å². The molecule has 1 rings (SSSR count). The first-order chi connectivity index (χ1) is 14.9. The Morgan fingerprint density at radius 2 is 1.36 bits per heavy atom. The highest BCUT2D eigenvalue weighted by atomic mass is 16.6. The van der Waals surface area contributed by atoms with E-state index >= 15 is 0 Å². The Morgan fingerprint density at radius 1 is 0.879 bits per heavy atom. The monoisotopic (exact) mass is 468 g/mol. The number of carbonyl (C=O) groups excluding carboxylic acids is 1. The van der Waals surface area contributed by atoms with Gasteiger partial charge in [0, 0.05) is 6.42 Å². The van der Waals surface area contributed by atoms with E-state index in [1.54, 1.807) is 0 Å². The van der Waals surface area contributed by atoms with Crippen LogP contribution < -0.4 is 0 Å².